The molecule has 1 aliphatic rings. The predicted octanol–water partition coefficient (Wildman–Crippen LogP) is 3.83. The lowest BCUT2D eigenvalue weighted by Crippen LogP contribution is -2.48. The van der Waals surface area contributed by atoms with Gasteiger partial charge < -0.3 is 9.64 Å². The van der Waals surface area contributed by atoms with Crippen LogP contribution in [0.25, 0.3) is 11.0 Å². The molecule has 1 aromatic carbocycles. The lowest BCUT2D eigenvalue weighted by Gasteiger charge is -2.36. The van der Waals surface area contributed by atoms with Crippen LogP contribution in [0, 0.1) is 3.57 Å². The quantitative estimate of drug-likeness (QED) is 0.664. The van der Waals surface area contributed by atoms with Crippen molar-refractivity contribution in [2.75, 3.05) is 6.54 Å². The van der Waals surface area contributed by atoms with Crippen LogP contribution in [-0.4, -0.2) is 44.2 Å². The third-order valence-corrected chi connectivity index (χ3v) is 4.79. The van der Waals surface area contributed by atoms with Gasteiger partial charge in [0.05, 0.1) is 18.1 Å². The molecule has 1 amide bonds. The van der Waals surface area contributed by atoms with Crippen LogP contribution in [-0.2, 0) is 11.3 Å². The highest BCUT2D eigenvalue weighted by Gasteiger charge is 2.31. The average Bonchev–Trinajstić information content (AvgIpc) is 2.88. The Bertz CT molecular complexity index is 738. The van der Waals surface area contributed by atoms with E-state index in [2.05, 4.69) is 39.0 Å². The van der Waals surface area contributed by atoms with Crippen LogP contribution in [0.3, 0.4) is 0 Å². The molecule has 1 aromatic heterocycles. The lowest BCUT2D eigenvalue weighted by molar-refractivity contribution is 0.00748. The highest BCUT2D eigenvalue weighted by Crippen LogP contribution is 2.23. The first kappa shape index (κ1) is 17.4. The number of hydrogen-bond acceptors (Lipinski definition) is 4. The van der Waals surface area contributed by atoms with Gasteiger partial charge in [-0.1, -0.05) is 5.21 Å². The molecule has 7 heteroatoms. The van der Waals surface area contributed by atoms with Crippen molar-refractivity contribution in [3.05, 3.63) is 21.8 Å². The van der Waals surface area contributed by atoms with E-state index in [1.807, 2.05) is 42.5 Å². The summed E-state index contributed by atoms with van der Waals surface area (Å²) in [5, 5.41) is 8.51. The summed E-state index contributed by atoms with van der Waals surface area (Å²) in [7, 11) is 0. The van der Waals surface area contributed by atoms with E-state index in [1.54, 1.807) is 0 Å². The van der Waals surface area contributed by atoms with Crippen LogP contribution in [0.15, 0.2) is 18.2 Å². The van der Waals surface area contributed by atoms with Crippen LogP contribution in [0.4, 0.5) is 4.79 Å². The third-order valence-electron chi connectivity index (χ3n) is 4.11. The Labute approximate surface area is 155 Å². The first-order chi connectivity index (χ1) is 11.3. The van der Waals surface area contributed by atoms with E-state index in [0.717, 1.165) is 40.4 Å². The lowest BCUT2D eigenvalue weighted by atomic mass is 10.0. The minimum absolute atomic E-state index is 0.0939. The van der Waals surface area contributed by atoms with E-state index in [0.29, 0.717) is 6.54 Å². The Kier molecular flexibility index (Phi) is 4.98. The molecular formula is C17H23IN4O2. The SMILES string of the molecule is CC(C)(C)OC(=O)N1CCCCC1Cn1nnc2ccc(I)cc21. The molecule has 0 radical (unpaired) electrons. The summed E-state index contributed by atoms with van der Waals surface area (Å²) in [5.74, 6) is 0. The van der Waals surface area contributed by atoms with Crippen molar-refractivity contribution in [3.8, 4) is 0 Å². The number of benzene rings is 1. The number of carbonyl (C=O) groups is 1. The summed E-state index contributed by atoms with van der Waals surface area (Å²) >= 11 is 2.29. The standard InChI is InChI=1S/C17H23IN4O2/c1-17(2,3)24-16(23)21-9-5-4-6-13(21)11-22-15-10-12(18)7-8-14(15)19-20-22/h7-8,10,13H,4-6,9,11H2,1-3H3. The van der Waals surface area contributed by atoms with E-state index < -0.39 is 5.60 Å². The van der Waals surface area contributed by atoms with Gasteiger partial charge in [0.1, 0.15) is 11.1 Å². The maximum Gasteiger partial charge on any atom is 0.410 e. The van der Waals surface area contributed by atoms with Gasteiger partial charge in [-0.15, -0.1) is 5.10 Å². The molecule has 1 fully saturated rings. The minimum Gasteiger partial charge on any atom is -0.444 e. The fourth-order valence-electron chi connectivity index (χ4n) is 3.02. The molecule has 0 aliphatic carbocycles. The maximum absolute atomic E-state index is 12.5. The Hall–Kier alpha value is -1.38. The van der Waals surface area contributed by atoms with Gasteiger partial charge in [0, 0.05) is 10.1 Å². The topological polar surface area (TPSA) is 60.2 Å². The number of amides is 1. The van der Waals surface area contributed by atoms with Crippen molar-refractivity contribution in [1.29, 1.82) is 0 Å². The molecular weight excluding hydrogens is 419 g/mol. The Morgan fingerprint density at radius 1 is 1.38 bits per heavy atom. The normalized spacial score (nSPS) is 18.8. The summed E-state index contributed by atoms with van der Waals surface area (Å²) in [6, 6.07) is 6.18. The first-order valence-corrected chi connectivity index (χ1v) is 9.40. The average molecular weight is 442 g/mol. The zero-order chi connectivity index (χ0) is 17.3. The maximum atomic E-state index is 12.5. The zero-order valence-electron chi connectivity index (χ0n) is 14.3. The van der Waals surface area contributed by atoms with Gasteiger partial charge in [-0.2, -0.15) is 0 Å². The number of carbonyl (C=O) groups excluding carboxylic acids is 1. The molecule has 0 bridgehead atoms. The van der Waals surface area contributed by atoms with Crippen LogP contribution >= 0.6 is 22.6 Å². The van der Waals surface area contributed by atoms with Crippen LogP contribution in [0.1, 0.15) is 40.0 Å². The second-order valence-corrected chi connectivity index (χ2v) is 8.47. The molecule has 0 N–H and O–H groups in total. The van der Waals surface area contributed by atoms with Gasteiger partial charge in [0.15, 0.2) is 0 Å². The summed E-state index contributed by atoms with van der Waals surface area (Å²) in [4.78, 5) is 14.4. The number of piperidine rings is 1. The third kappa shape index (κ3) is 3.99. The van der Waals surface area contributed by atoms with Crippen molar-refractivity contribution in [1.82, 2.24) is 19.9 Å². The second-order valence-electron chi connectivity index (χ2n) is 7.23. The number of nitrogens with zero attached hydrogens (tertiary/aromatic N) is 4. The van der Waals surface area contributed by atoms with Gasteiger partial charge in [0.25, 0.3) is 0 Å². The number of aromatic nitrogens is 3. The summed E-state index contributed by atoms with van der Waals surface area (Å²) in [6.45, 7) is 7.09. The monoisotopic (exact) mass is 442 g/mol. The van der Waals surface area contributed by atoms with E-state index in [4.69, 9.17) is 4.74 Å². The molecule has 1 atom stereocenters. The highest BCUT2D eigenvalue weighted by molar-refractivity contribution is 14.1. The van der Waals surface area contributed by atoms with Crippen molar-refractivity contribution in [2.24, 2.45) is 0 Å². The summed E-state index contributed by atoms with van der Waals surface area (Å²) in [6.07, 6.45) is 2.87. The van der Waals surface area contributed by atoms with Gasteiger partial charge in [0.2, 0.25) is 0 Å². The molecule has 0 spiro atoms. The fourth-order valence-corrected chi connectivity index (χ4v) is 3.50. The highest BCUT2D eigenvalue weighted by atomic mass is 127. The van der Waals surface area contributed by atoms with Gasteiger partial charge >= 0.3 is 6.09 Å². The van der Waals surface area contributed by atoms with Crippen LogP contribution < -0.4 is 0 Å². The molecule has 2 heterocycles. The van der Waals surface area contributed by atoms with Crippen LogP contribution in [0.2, 0.25) is 0 Å². The largest absolute Gasteiger partial charge is 0.444 e. The number of likely N-dealkylation sites (tertiary alicyclic amines) is 1. The van der Waals surface area contributed by atoms with Crippen molar-refractivity contribution in [3.63, 3.8) is 0 Å². The Balaban J connectivity index is 1.80. The van der Waals surface area contributed by atoms with Gasteiger partial charge in [-0.05, 0) is 80.8 Å². The summed E-state index contributed by atoms with van der Waals surface area (Å²) in [5.41, 5.74) is 1.42. The fraction of sp³-hybridized carbons (Fsp3) is 0.588. The van der Waals surface area contributed by atoms with Crippen molar-refractivity contribution in [2.45, 2.75) is 58.2 Å². The molecule has 0 saturated carbocycles. The number of hydrogen-bond donors (Lipinski definition) is 0. The molecule has 1 saturated heterocycles. The Morgan fingerprint density at radius 3 is 2.92 bits per heavy atom. The molecule has 3 rings (SSSR count). The van der Waals surface area contributed by atoms with E-state index in [-0.39, 0.29) is 12.1 Å². The number of rotatable bonds is 2. The molecule has 1 unspecified atom stereocenters. The Morgan fingerprint density at radius 2 is 2.17 bits per heavy atom. The molecule has 130 valence electrons. The van der Waals surface area contributed by atoms with Crippen LogP contribution in [0.5, 0.6) is 0 Å². The summed E-state index contributed by atoms with van der Waals surface area (Å²) < 4.78 is 8.63. The van der Waals surface area contributed by atoms with Gasteiger partial charge in [-0.3, -0.25) is 0 Å². The zero-order valence-corrected chi connectivity index (χ0v) is 16.5. The van der Waals surface area contributed by atoms with E-state index in [1.165, 1.54) is 0 Å². The van der Waals surface area contributed by atoms with Crippen molar-refractivity contribution < 1.29 is 9.53 Å². The smallest absolute Gasteiger partial charge is 0.410 e. The minimum atomic E-state index is -0.477. The molecule has 24 heavy (non-hydrogen) atoms. The van der Waals surface area contributed by atoms with E-state index in [9.17, 15) is 4.79 Å². The molecule has 6 nitrogen and oxygen atoms in total. The van der Waals surface area contributed by atoms with Gasteiger partial charge in [-0.25, -0.2) is 9.48 Å². The first-order valence-electron chi connectivity index (χ1n) is 8.32. The number of fused-ring (bicyclic) bond motifs is 1. The second kappa shape index (κ2) is 6.85. The van der Waals surface area contributed by atoms with Crippen molar-refractivity contribution >= 4 is 39.7 Å². The van der Waals surface area contributed by atoms with E-state index >= 15 is 0 Å². The molecule has 1 aliphatic heterocycles. The number of halogens is 1. The predicted molar refractivity (Wildman–Crippen MR) is 101 cm³/mol. The molecule has 2 aromatic rings. The number of ether oxygens (including phenoxy) is 1.